The molecular weight excluding hydrogens is 236 g/mol. The molecule has 3 heteroatoms. The maximum absolute atomic E-state index is 12.5. The molecule has 3 N–H and O–H groups in total. The Morgan fingerprint density at radius 2 is 1.95 bits per heavy atom. The fourth-order valence-corrected chi connectivity index (χ4v) is 4.06. The summed E-state index contributed by atoms with van der Waals surface area (Å²) in [5.74, 6) is 1.70. The summed E-state index contributed by atoms with van der Waals surface area (Å²) in [5, 5.41) is 3.34. The van der Waals surface area contributed by atoms with Gasteiger partial charge in [-0.05, 0) is 43.9 Å². The smallest absolute Gasteiger partial charge is 0.223 e. The molecule has 5 atom stereocenters. The number of rotatable bonds is 3. The highest BCUT2D eigenvalue weighted by atomic mass is 16.1. The van der Waals surface area contributed by atoms with Crippen molar-refractivity contribution in [3.63, 3.8) is 0 Å². The molecule has 3 nitrogen and oxygen atoms in total. The molecule has 0 saturated heterocycles. The van der Waals surface area contributed by atoms with E-state index in [0.717, 1.165) is 19.3 Å². The molecule has 2 aliphatic carbocycles. The van der Waals surface area contributed by atoms with Crippen molar-refractivity contribution in [1.82, 2.24) is 5.32 Å². The molecule has 0 spiro atoms. The van der Waals surface area contributed by atoms with E-state index in [1.807, 2.05) is 0 Å². The summed E-state index contributed by atoms with van der Waals surface area (Å²) in [7, 11) is 0. The average molecular weight is 266 g/mol. The van der Waals surface area contributed by atoms with Crippen molar-refractivity contribution in [3.8, 4) is 0 Å². The van der Waals surface area contributed by atoms with Crippen LogP contribution >= 0.6 is 0 Å². The zero-order valence-electron chi connectivity index (χ0n) is 12.5. The maximum Gasteiger partial charge on any atom is 0.223 e. The number of nitrogens with one attached hydrogen (secondary N) is 1. The first kappa shape index (κ1) is 14.8. The lowest BCUT2D eigenvalue weighted by Gasteiger charge is -2.35. The Morgan fingerprint density at radius 1 is 1.21 bits per heavy atom. The Hall–Kier alpha value is -0.570. The van der Waals surface area contributed by atoms with Crippen molar-refractivity contribution in [2.45, 2.75) is 77.3 Å². The lowest BCUT2D eigenvalue weighted by atomic mass is 9.78. The van der Waals surface area contributed by atoms with Crippen LogP contribution in [0.15, 0.2) is 0 Å². The molecule has 2 saturated carbocycles. The second kappa shape index (κ2) is 6.74. The van der Waals surface area contributed by atoms with Gasteiger partial charge in [-0.15, -0.1) is 0 Å². The van der Waals surface area contributed by atoms with Crippen LogP contribution in [0, 0.1) is 17.8 Å². The van der Waals surface area contributed by atoms with Crippen LogP contribution in [-0.4, -0.2) is 18.0 Å². The van der Waals surface area contributed by atoms with Crippen molar-refractivity contribution in [3.05, 3.63) is 0 Å². The SMILES string of the molecule is CCC1CCCCC1NC(=O)C1CC(C)CC(N)C1. The topological polar surface area (TPSA) is 55.1 Å². The van der Waals surface area contributed by atoms with Gasteiger partial charge in [-0.2, -0.15) is 0 Å². The lowest BCUT2D eigenvalue weighted by molar-refractivity contribution is -0.128. The Labute approximate surface area is 117 Å². The average Bonchev–Trinajstić information content (AvgIpc) is 2.38. The van der Waals surface area contributed by atoms with Gasteiger partial charge >= 0.3 is 0 Å². The first-order chi connectivity index (χ1) is 9.10. The molecule has 2 fully saturated rings. The third kappa shape index (κ3) is 3.95. The quantitative estimate of drug-likeness (QED) is 0.825. The van der Waals surface area contributed by atoms with E-state index in [9.17, 15) is 4.79 Å². The minimum atomic E-state index is 0.151. The molecule has 1 amide bonds. The van der Waals surface area contributed by atoms with Crippen molar-refractivity contribution in [2.75, 3.05) is 0 Å². The molecule has 110 valence electrons. The molecule has 0 aliphatic heterocycles. The standard InChI is InChI=1S/C16H30N2O/c1-3-12-6-4-5-7-15(12)18-16(19)13-8-11(2)9-14(17)10-13/h11-15H,3-10,17H2,1-2H3,(H,18,19). The normalized spacial score (nSPS) is 39.8. The third-order valence-electron chi connectivity index (χ3n) is 5.11. The van der Waals surface area contributed by atoms with E-state index in [2.05, 4.69) is 19.2 Å². The Balaban J connectivity index is 1.88. The van der Waals surface area contributed by atoms with Crippen LogP contribution in [-0.2, 0) is 4.79 Å². The van der Waals surface area contributed by atoms with Crippen molar-refractivity contribution in [1.29, 1.82) is 0 Å². The molecule has 0 aromatic carbocycles. The number of nitrogens with two attached hydrogens (primary N) is 1. The largest absolute Gasteiger partial charge is 0.353 e. The van der Waals surface area contributed by atoms with Crippen LogP contribution in [0.4, 0.5) is 0 Å². The minimum absolute atomic E-state index is 0.151. The van der Waals surface area contributed by atoms with Gasteiger partial charge in [0.25, 0.3) is 0 Å². The summed E-state index contributed by atoms with van der Waals surface area (Å²) in [6.07, 6.45) is 9.19. The second-order valence-corrected chi connectivity index (χ2v) is 6.84. The molecule has 0 heterocycles. The number of carbonyl (C=O) groups is 1. The Morgan fingerprint density at radius 3 is 2.63 bits per heavy atom. The third-order valence-corrected chi connectivity index (χ3v) is 5.11. The molecule has 2 aliphatic rings. The summed E-state index contributed by atoms with van der Waals surface area (Å²) in [5.41, 5.74) is 6.06. The zero-order valence-corrected chi connectivity index (χ0v) is 12.5. The van der Waals surface area contributed by atoms with E-state index in [-0.39, 0.29) is 17.9 Å². The van der Waals surface area contributed by atoms with Gasteiger partial charge in [-0.3, -0.25) is 4.79 Å². The zero-order chi connectivity index (χ0) is 13.8. The summed E-state index contributed by atoms with van der Waals surface area (Å²) in [6.45, 7) is 4.46. The summed E-state index contributed by atoms with van der Waals surface area (Å²) >= 11 is 0. The van der Waals surface area contributed by atoms with Crippen LogP contribution in [0.3, 0.4) is 0 Å². The van der Waals surface area contributed by atoms with Crippen LogP contribution < -0.4 is 11.1 Å². The first-order valence-electron chi connectivity index (χ1n) is 8.16. The number of hydrogen-bond acceptors (Lipinski definition) is 2. The highest BCUT2D eigenvalue weighted by Gasteiger charge is 2.32. The Kier molecular flexibility index (Phi) is 5.26. The summed E-state index contributed by atoms with van der Waals surface area (Å²) < 4.78 is 0. The van der Waals surface area contributed by atoms with E-state index in [0.29, 0.717) is 17.9 Å². The van der Waals surface area contributed by atoms with Crippen molar-refractivity contribution in [2.24, 2.45) is 23.5 Å². The second-order valence-electron chi connectivity index (χ2n) is 6.84. The van der Waals surface area contributed by atoms with Crippen molar-refractivity contribution >= 4 is 5.91 Å². The van der Waals surface area contributed by atoms with Crippen molar-refractivity contribution < 1.29 is 4.79 Å². The van der Waals surface area contributed by atoms with Crippen LogP contribution in [0.25, 0.3) is 0 Å². The van der Waals surface area contributed by atoms with E-state index < -0.39 is 0 Å². The monoisotopic (exact) mass is 266 g/mol. The van der Waals surface area contributed by atoms with Crippen LogP contribution in [0.5, 0.6) is 0 Å². The molecule has 0 aromatic rings. The van der Waals surface area contributed by atoms with Gasteiger partial charge in [0.05, 0.1) is 0 Å². The minimum Gasteiger partial charge on any atom is -0.353 e. The van der Waals surface area contributed by atoms with Gasteiger partial charge < -0.3 is 11.1 Å². The Bertz CT molecular complexity index is 295. The molecule has 19 heavy (non-hydrogen) atoms. The fraction of sp³-hybridized carbons (Fsp3) is 0.938. The number of hydrogen-bond donors (Lipinski definition) is 2. The van der Waals surface area contributed by atoms with Gasteiger partial charge in [0.1, 0.15) is 0 Å². The fourth-order valence-electron chi connectivity index (χ4n) is 4.06. The van der Waals surface area contributed by atoms with E-state index >= 15 is 0 Å². The highest BCUT2D eigenvalue weighted by molar-refractivity contribution is 5.79. The predicted octanol–water partition coefficient (Wildman–Crippen LogP) is 2.83. The number of carbonyl (C=O) groups excluding carboxylic acids is 1. The highest BCUT2D eigenvalue weighted by Crippen LogP contribution is 2.30. The first-order valence-corrected chi connectivity index (χ1v) is 8.16. The summed E-state index contributed by atoms with van der Waals surface area (Å²) in [4.78, 5) is 12.5. The van der Waals surface area contributed by atoms with Gasteiger partial charge in [-0.1, -0.05) is 33.1 Å². The maximum atomic E-state index is 12.5. The van der Waals surface area contributed by atoms with Crippen LogP contribution in [0.1, 0.15) is 65.2 Å². The molecule has 0 bridgehead atoms. The van der Waals surface area contributed by atoms with Gasteiger partial charge in [-0.25, -0.2) is 0 Å². The molecular formula is C16H30N2O. The molecule has 0 aromatic heterocycles. The van der Waals surface area contributed by atoms with E-state index in [4.69, 9.17) is 5.73 Å². The van der Waals surface area contributed by atoms with Gasteiger partial charge in [0.2, 0.25) is 5.91 Å². The summed E-state index contributed by atoms with van der Waals surface area (Å²) in [6, 6.07) is 0.632. The molecule has 0 radical (unpaired) electrons. The predicted molar refractivity (Wildman–Crippen MR) is 78.7 cm³/mol. The van der Waals surface area contributed by atoms with E-state index in [1.54, 1.807) is 0 Å². The van der Waals surface area contributed by atoms with E-state index in [1.165, 1.54) is 32.1 Å². The molecule has 5 unspecified atom stereocenters. The number of amides is 1. The lowest BCUT2D eigenvalue weighted by Crippen LogP contribution is -2.47. The van der Waals surface area contributed by atoms with Crippen LogP contribution in [0.2, 0.25) is 0 Å². The van der Waals surface area contributed by atoms with Gasteiger partial charge in [0.15, 0.2) is 0 Å². The van der Waals surface area contributed by atoms with Gasteiger partial charge in [0, 0.05) is 18.0 Å². The molecule has 2 rings (SSSR count).